The summed E-state index contributed by atoms with van der Waals surface area (Å²) in [4.78, 5) is 24.0. The van der Waals surface area contributed by atoms with Gasteiger partial charge in [0, 0.05) is 12.8 Å². The smallest absolute Gasteiger partial charge is 0.164 e. The minimum atomic E-state index is -1.73. The van der Waals surface area contributed by atoms with E-state index < -0.39 is 29.9 Å². The van der Waals surface area contributed by atoms with Crippen molar-refractivity contribution in [3.8, 4) is 0 Å². The first kappa shape index (κ1) is 27.2. The van der Waals surface area contributed by atoms with Gasteiger partial charge in [0.2, 0.25) is 0 Å². The minimum Gasteiger partial charge on any atom is -0.387 e. The Morgan fingerprint density at radius 1 is 0.536 bits per heavy atom. The van der Waals surface area contributed by atoms with Crippen molar-refractivity contribution in [2.24, 2.45) is 0 Å². The van der Waals surface area contributed by atoms with Crippen molar-refractivity contribution in [2.75, 3.05) is 0 Å². The van der Waals surface area contributed by atoms with Gasteiger partial charge >= 0.3 is 0 Å². The van der Waals surface area contributed by atoms with Crippen molar-refractivity contribution in [3.05, 3.63) is 0 Å². The van der Waals surface area contributed by atoms with Gasteiger partial charge in [0.05, 0.1) is 0 Å². The van der Waals surface area contributed by atoms with Crippen molar-refractivity contribution in [1.29, 1.82) is 0 Å². The van der Waals surface area contributed by atoms with Crippen molar-refractivity contribution < 1.29 is 24.9 Å². The maximum atomic E-state index is 12.0. The van der Waals surface area contributed by atoms with Gasteiger partial charge in [0.15, 0.2) is 11.6 Å². The van der Waals surface area contributed by atoms with E-state index in [1.807, 2.05) is 0 Å². The predicted molar refractivity (Wildman–Crippen MR) is 113 cm³/mol. The van der Waals surface area contributed by atoms with Crippen LogP contribution in [0.5, 0.6) is 0 Å². The third-order valence-electron chi connectivity index (χ3n) is 5.36. The molecular formula is C23H44O5. The molecule has 2 atom stereocenters. The molecular weight excluding hydrogens is 356 g/mol. The number of ketones is 2. The van der Waals surface area contributed by atoms with Crippen LogP contribution < -0.4 is 0 Å². The van der Waals surface area contributed by atoms with Crippen LogP contribution in [-0.4, -0.2) is 45.2 Å². The molecule has 0 aromatic carbocycles. The quantitative estimate of drug-likeness (QED) is 0.262. The lowest BCUT2D eigenvalue weighted by atomic mass is 9.95. The molecule has 0 saturated heterocycles. The van der Waals surface area contributed by atoms with E-state index in [4.69, 9.17) is 0 Å². The monoisotopic (exact) mass is 400 g/mol. The average Bonchev–Trinajstić information content (AvgIpc) is 2.70. The van der Waals surface area contributed by atoms with Crippen LogP contribution in [0.1, 0.15) is 117 Å². The Morgan fingerprint density at radius 2 is 0.821 bits per heavy atom. The van der Waals surface area contributed by atoms with Gasteiger partial charge in [-0.3, -0.25) is 9.59 Å². The van der Waals surface area contributed by atoms with E-state index in [0.717, 1.165) is 38.5 Å². The SMILES string of the molecule is CCCCCCCCCC(=O)C(O)C(O)C(O)C(=O)CCCCCCCCC. The Kier molecular flexibility index (Phi) is 17.8. The normalized spacial score (nSPS) is 14.6. The summed E-state index contributed by atoms with van der Waals surface area (Å²) in [5, 5.41) is 29.9. The number of carbonyl (C=O) groups is 2. The van der Waals surface area contributed by atoms with Crippen molar-refractivity contribution in [1.82, 2.24) is 0 Å². The molecule has 0 bridgehead atoms. The largest absolute Gasteiger partial charge is 0.387 e. The number of carbonyl (C=O) groups excluding carboxylic acids is 2. The molecule has 0 aromatic heterocycles. The highest BCUT2D eigenvalue weighted by atomic mass is 16.4. The van der Waals surface area contributed by atoms with Crippen LogP contribution in [-0.2, 0) is 9.59 Å². The summed E-state index contributed by atoms with van der Waals surface area (Å²) >= 11 is 0. The molecule has 0 heterocycles. The molecule has 0 rings (SSSR count). The molecule has 0 radical (unpaired) electrons. The molecule has 5 heteroatoms. The van der Waals surface area contributed by atoms with E-state index in [0.29, 0.717) is 12.8 Å². The Hall–Kier alpha value is -0.780. The van der Waals surface area contributed by atoms with Crippen LogP contribution in [0.25, 0.3) is 0 Å². The summed E-state index contributed by atoms with van der Waals surface area (Å²) in [5.74, 6) is -0.993. The summed E-state index contributed by atoms with van der Waals surface area (Å²) in [5.41, 5.74) is 0. The fourth-order valence-corrected chi connectivity index (χ4v) is 3.36. The highest BCUT2D eigenvalue weighted by Crippen LogP contribution is 2.14. The van der Waals surface area contributed by atoms with E-state index in [1.54, 1.807) is 0 Å². The van der Waals surface area contributed by atoms with Gasteiger partial charge in [0.1, 0.15) is 18.3 Å². The fraction of sp³-hybridized carbons (Fsp3) is 0.913. The summed E-state index contributed by atoms with van der Waals surface area (Å²) in [6.07, 6.45) is 10.1. The highest BCUT2D eigenvalue weighted by Gasteiger charge is 2.33. The number of rotatable bonds is 20. The van der Waals surface area contributed by atoms with Gasteiger partial charge in [-0.25, -0.2) is 0 Å². The van der Waals surface area contributed by atoms with Crippen LogP contribution in [0.3, 0.4) is 0 Å². The maximum absolute atomic E-state index is 12.0. The summed E-state index contributed by atoms with van der Waals surface area (Å²) in [7, 11) is 0. The van der Waals surface area contributed by atoms with Crippen LogP contribution in [0, 0.1) is 0 Å². The topological polar surface area (TPSA) is 94.8 Å². The second-order valence-electron chi connectivity index (χ2n) is 8.06. The Labute approximate surface area is 171 Å². The van der Waals surface area contributed by atoms with Crippen LogP contribution >= 0.6 is 0 Å². The lowest BCUT2D eigenvalue weighted by molar-refractivity contribution is -0.146. The van der Waals surface area contributed by atoms with Gasteiger partial charge < -0.3 is 15.3 Å². The molecule has 3 N–H and O–H groups in total. The van der Waals surface area contributed by atoms with Crippen molar-refractivity contribution in [2.45, 2.75) is 135 Å². The number of aliphatic hydroxyl groups is 3. The zero-order valence-electron chi connectivity index (χ0n) is 18.2. The molecule has 0 saturated carbocycles. The Bertz CT molecular complexity index is 360. The summed E-state index contributed by atoms with van der Waals surface area (Å²) in [6, 6.07) is 0. The minimum absolute atomic E-state index is 0.171. The van der Waals surface area contributed by atoms with Crippen LogP contribution in [0.4, 0.5) is 0 Å². The summed E-state index contributed by atoms with van der Waals surface area (Å²) < 4.78 is 0. The third kappa shape index (κ3) is 13.4. The highest BCUT2D eigenvalue weighted by molar-refractivity contribution is 5.87. The third-order valence-corrected chi connectivity index (χ3v) is 5.36. The molecule has 0 amide bonds. The van der Waals surface area contributed by atoms with Gasteiger partial charge in [-0.2, -0.15) is 0 Å². The number of aliphatic hydroxyl groups excluding tert-OH is 3. The first-order valence-electron chi connectivity index (χ1n) is 11.5. The standard InChI is InChI=1S/C23H44O5/c1-3-5-7-9-11-13-15-17-19(24)21(26)23(28)22(27)20(25)18-16-14-12-10-8-6-4-2/h21-23,26-28H,3-18H2,1-2H3. The zero-order valence-corrected chi connectivity index (χ0v) is 18.2. The fourth-order valence-electron chi connectivity index (χ4n) is 3.36. The molecule has 0 aliphatic rings. The Balaban J connectivity index is 3.95. The number of unbranched alkanes of at least 4 members (excludes halogenated alkanes) is 12. The van der Waals surface area contributed by atoms with Gasteiger partial charge in [0.25, 0.3) is 0 Å². The molecule has 28 heavy (non-hydrogen) atoms. The van der Waals surface area contributed by atoms with Crippen LogP contribution in [0.2, 0.25) is 0 Å². The Morgan fingerprint density at radius 3 is 1.14 bits per heavy atom. The van der Waals surface area contributed by atoms with Crippen LogP contribution in [0.15, 0.2) is 0 Å². The molecule has 0 spiro atoms. The molecule has 166 valence electrons. The van der Waals surface area contributed by atoms with E-state index >= 15 is 0 Å². The molecule has 5 nitrogen and oxygen atoms in total. The summed E-state index contributed by atoms with van der Waals surface area (Å²) in [6.45, 7) is 4.33. The first-order valence-corrected chi connectivity index (χ1v) is 11.5. The molecule has 0 fully saturated rings. The number of hydrogen-bond acceptors (Lipinski definition) is 5. The molecule has 0 aliphatic heterocycles. The van der Waals surface area contributed by atoms with E-state index in [2.05, 4.69) is 13.8 Å². The van der Waals surface area contributed by atoms with Crippen molar-refractivity contribution >= 4 is 11.6 Å². The average molecular weight is 401 g/mol. The number of Topliss-reactive ketones (excluding diaryl/α,β-unsaturated/α-hetero) is 2. The zero-order chi connectivity index (χ0) is 21.2. The molecule has 2 unspecified atom stereocenters. The second-order valence-corrected chi connectivity index (χ2v) is 8.06. The molecule has 0 aromatic rings. The lowest BCUT2D eigenvalue weighted by Crippen LogP contribution is -2.45. The maximum Gasteiger partial charge on any atom is 0.164 e. The second kappa shape index (κ2) is 18.3. The van der Waals surface area contributed by atoms with Gasteiger partial charge in [-0.15, -0.1) is 0 Å². The van der Waals surface area contributed by atoms with Gasteiger partial charge in [-0.1, -0.05) is 90.9 Å². The van der Waals surface area contributed by atoms with Crippen molar-refractivity contribution in [3.63, 3.8) is 0 Å². The van der Waals surface area contributed by atoms with E-state index in [9.17, 15) is 24.9 Å². The van der Waals surface area contributed by atoms with E-state index in [-0.39, 0.29) is 12.8 Å². The van der Waals surface area contributed by atoms with Gasteiger partial charge in [-0.05, 0) is 12.8 Å². The predicted octanol–water partition coefficient (Wildman–Crippen LogP) is 4.49. The lowest BCUT2D eigenvalue weighted by Gasteiger charge is -2.21. The van der Waals surface area contributed by atoms with E-state index in [1.165, 1.54) is 38.5 Å². The first-order chi connectivity index (χ1) is 13.5. The molecule has 0 aliphatic carbocycles. The number of hydrogen-bond donors (Lipinski definition) is 3.